The van der Waals surface area contributed by atoms with E-state index in [1.54, 1.807) is 6.20 Å². The fourth-order valence-electron chi connectivity index (χ4n) is 4.31. The monoisotopic (exact) mass is 478 g/mol. The molecule has 0 aliphatic heterocycles. The average molecular weight is 479 g/mol. The molecule has 1 heterocycles. The van der Waals surface area contributed by atoms with Crippen LogP contribution >= 0.6 is 0 Å². The summed E-state index contributed by atoms with van der Waals surface area (Å²) in [7, 11) is 0. The van der Waals surface area contributed by atoms with Crippen molar-refractivity contribution >= 4 is 28.6 Å². The molecule has 1 N–H and O–H groups in total. The number of hydrogen-bond acceptors (Lipinski definition) is 3. The molecule has 1 amide bonds. The first-order valence-corrected chi connectivity index (χ1v) is 12.5. The number of ether oxygens (including phenoxy) is 1. The largest absolute Gasteiger partial charge is 0.493 e. The van der Waals surface area contributed by atoms with Gasteiger partial charge in [-0.3, -0.25) is 9.78 Å². The molecular weight excluding hydrogens is 444 g/mol. The van der Waals surface area contributed by atoms with E-state index in [2.05, 4.69) is 66.6 Å². The van der Waals surface area contributed by atoms with E-state index in [1.807, 2.05) is 55.5 Å². The van der Waals surface area contributed by atoms with Crippen molar-refractivity contribution < 1.29 is 9.53 Å². The maximum absolute atomic E-state index is 13.7. The molecule has 36 heavy (non-hydrogen) atoms. The van der Waals surface area contributed by atoms with Crippen molar-refractivity contribution in [2.75, 3.05) is 11.9 Å². The summed E-state index contributed by atoms with van der Waals surface area (Å²) in [6, 6.07) is 26.2. The van der Waals surface area contributed by atoms with Crippen LogP contribution in [0.4, 0.5) is 5.69 Å². The molecule has 0 aliphatic rings. The minimum atomic E-state index is -0.604. The molecule has 0 bridgehead atoms. The Hall–Kier alpha value is -3.92. The predicted octanol–water partition coefficient (Wildman–Crippen LogP) is 7.76. The van der Waals surface area contributed by atoms with Gasteiger partial charge in [-0.15, -0.1) is 0 Å². The van der Waals surface area contributed by atoms with Crippen LogP contribution in [0.2, 0.25) is 0 Å². The molecule has 0 radical (unpaired) electrons. The van der Waals surface area contributed by atoms with Crippen molar-refractivity contribution in [3.63, 3.8) is 0 Å². The van der Waals surface area contributed by atoms with E-state index in [4.69, 9.17) is 4.74 Å². The van der Waals surface area contributed by atoms with Crippen LogP contribution in [0, 0.1) is 19.3 Å². The summed E-state index contributed by atoms with van der Waals surface area (Å²) in [6.45, 7) is 6.72. The Labute approximate surface area is 214 Å². The first-order chi connectivity index (χ1) is 17.4. The SMILES string of the molecule is Cc1ccc(C)c(OCCCC(C)(C/C=C/c2ccccc2)C(=O)Nc2cccc3cccnc23)c1. The molecule has 184 valence electrons. The highest BCUT2D eigenvalue weighted by Crippen LogP contribution is 2.32. The van der Waals surface area contributed by atoms with E-state index < -0.39 is 5.41 Å². The zero-order valence-electron chi connectivity index (χ0n) is 21.3. The summed E-state index contributed by atoms with van der Waals surface area (Å²) >= 11 is 0. The quantitative estimate of drug-likeness (QED) is 0.237. The van der Waals surface area contributed by atoms with Gasteiger partial charge in [0.15, 0.2) is 0 Å². The van der Waals surface area contributed by atoms with Gasteiger partial charge >= 0.3 is 0 Å². The summed E-state index contributed by atoms with van der Waals surface area (Å²) in [5.41, 5.74) is 4.35. The van der Waals surface area contributed by atoms with Crippen LogP contribution in [0.1, 0.15) is 42.9 Å². The van der Waals surface area contributed by atoms with E-state index in [1.165, 1.54) is 5.56 Å². The number of carbonyl (C=O) groups is 1. The summed E-state index contributed by atoms with van der Waals surface area (Å²) < 4.78 is 6.08. The molecule has 0 saturated heterocycles. The standard InChI is InChI=1S/C32H34N2O2/c1-24-17-18-25(2)29(23-24)36-22-10-20-32(3,19-8-13-26-11-5-4-6-12-26)31(35)34-28-16-7-14-27-15-9-21-33-30(27)28/h4-9,11-18,21,23H,10,19-20,22H2,1-3H3,(H,34,35)/b13-8+. The highest BCUT2D eigenvalue weighted by molar-refractivity contribution is 6.02. The first-order valence-electron chi connectivity index (χ1n) is 12.5. The number of hydrogen-bond donors (Lipinski definition) is 1. The number of para-hydroxylation sites is 1. The van der Waals surface area contributed by atoms with E-state index in [0.29, 0.717) is 19.4 Å². The second-order valence-electron chi connectivity index (χ2n) is 9.63. The van der Waals surface area contributed by atoms with Crippen LogP contribution < -0.4 is 10.1 Å². The van der Waals surface area contributed by atoms with Gasteiger partial charge in [0.05, 0.1) is 23.2 Å². The number of nitrogens with zero attached hydrogens (tertiary/aromatic N) is 1. The minimum Gasteiger partial charge on any atom is -0.493 e. The molecule has 1 atom stereocenters. The number of pyridine rings is 1. The van der Waals surface area contributed by atoms with Gasteiger partial charge in [0.2, 0.25) is 5.91 Å². The second kappa shape index (κ2) is 11.7. The lowest BCUT2D eigenvalue weighted by Crippen LogP contribution is -2.33. The molecule has 0 fully saturated rings. The summed E-state index contributed by atoms with van der Waals surface area (Å²) in [5.74, 6) is 0.900. The number of amides is 1. The van der Waals surface area contributed by atoms with Gasteiger partial charge in [0, 0.05) is 11.6 Å². The maximum Gasteiger partial charge on any atom is 0.230 e. The third-order valence-electron chi connectivity index (χ3n) is 6.58. The van der Waals surface area contributed by atoms with Gasteiger partial charge in [-0.05, 0) is 68.0 Å². The van der Waals surface area contributed by atoms with E-state index in [0.717, 1.165) is 39.9 Å². The summed E-state index contributed by atoms with van der Waals surface area (Å²) in [5, 5.41) is 4.18. The Morgan fingerprint density at radius 3 is 2.64 bits per heavy atom. The van der Waals surface area contributed by atoms with Crippen molar-refractivity contribution in [1.29, 1.82) is 0 Å². The van der Waals surface area contributed by atoms with Gasteiger partial charge in [-0.1, -0.05) is 79.7 Å². The third kappa shape index (κ3) is 6.39. The molecule has 1 unspecified atom stereocenters. The zero-order chi connectivity index (χ0) is 25.4. The number of allylic oxidation sites excluding steroid dienone is 1. The molecular formula is C32H34N2O2. The molecule has 0 saturated carbocycles. The number of nitrogens with one attached hydrogen (secondary N) is 1. The molecule has 4 rings (SSSR count). The number of anilines is 1. The molecule has 3 aromatic carbocycles. The molecule has 4 aromatic rings. The van der Waals surface area contributed by atoms with Crippen LogP contribution in [0.3, 0.4) is 0 Å². The van der Waals surface area contributed by atoms with E-state index >= 15 is 0 Å². The summed E-state index contributed by atoms with van der Waals surface area (Å²) in [4.78, 5) is 18.2. The Morgan fingerprint density at radius 2 is 1.81 bits per heavy atom. The molecule has 0 aliphatic carbocycles. The second-order valence-corrected chi connectivity index (χ2v) is 9.63. The number of aryl methyl sites for hydroxylation is 2. The highest BCUT2D eigenvalue weighted by Gasteiger charge is 2.32. The van der Waals surface area contributed by atoms with Crippen LogP contribution in [-0.2, 0) is 4.79 Å². The van der Waals surface area contributed by atoms with Crippen molar-refractivity contribution in [3.05, 3.63) is 108 Å². The summed E-state index contributed by atoms with van der Waals surface area (Å²) in [6.07, 6.45) is 8.02. The smallest absolute Gasteiger partial charge is 0.230 e. The molecule has 0 spiro atoms. The minimum absolute atomic E-state index is 0.00917. The number of rotatable bonds is 10. The van der Waals surface area contributed by atoms with Crippen molar-refractivity contribution in [1.82, 2.24) is 4.98 Å². The number of fused-ring (bicyclic) bond motifs is 1. The zero-order valence-corrected chi connectivity index (χ0v) is 21.3. The lowest BCUT2D eigenvalue weighted by molar-refractivity contribution is -0.125. The van der Waals surface area contributed by atoms with E-state index in [9.17, 15) is 4.79 Å². The molecule has 1 aromatic heterocycles. The van der Waals surface area contributed by atoms with Gasteiger partial charge in [0.25, 0.3) is 0 Å². The fourth-order valence-corrected chi connectivity index (χ4v) is 4.31. The van der Waals surface area contributed by atoms with Crippen molar-refractivity contribution in [2.24, 2.45) is 5.41 Å². The van der Waals surface area contributed by atoms with Gasteiger partial charge in [-0.25, -0.2) is 0 Å². The topological polar surface area (TPSA) is 51.2 Å². The van der Waals surface area contributed by atoms with Gasteiger partial charge < -0.3 is 10.1 Å². The average Bonchev–Trinajstić information content (AvgIpc) is 2.89. The number of aromatic nitrogens is 1. The lowest BCUT2D eigenvalue weighted by Gasteiger charge is -2.27. The normalized spacial score (nSPS) is 13.0. The molecule has 4 heteroatoms. The van der Waals surface area contributed by atoms with Gasteiger partial charge in [-0.2, -0.15) is 0 Å². The highest BCUT2D eigenvalue weighted by atomic mass is 16.5. The van der Waals surface area contributed by atoms with E-state index in [-0.39, 0.29) is 5.91 Å². The van der Waals surface area contributed by atoms with Crippen molar-refractivity contribution in [2.45, 2.75) is 40.0 Å². The van der Waals surface area contributed by atoms with Crippen LogP contribution in [0.5, 0.6) is 5.75 Å². The maximum atomic E-state index is 13.7. The van der Waals surface area contributed by atoms with Crippen LogP contribution in [-0.4, -0.2) is 17.5 Å². The van der Waals surface area contributed by atoms with Crippen molar-refractivity contribution in [3.8, 4) is 5.75 Å². The van der Waals surface area contributed by atoms with Gasteiger partial charge in [0.1, 0.15) is 5.75 Å². The number of carbonyl (C=O) groups excluding carboxylic acids is 1. The third-order valence-corrected chi connectivity index (χ3v) is 6.58. The predicted molar refractivity (Wildman–Crippen MR) is 149 cm³/mol. The Balaban J connectivity index is 1.48. The Morgan fingerprint density at radius 1 is 1.00 bits per heavy atom. The number of benzene rings is 3. The first kappa shape index (κ1) is 25.2. The van der Waals surface area contributed by atoms with Crippen LogP contribution in [0.15, 0.2) is 91.1 Å². The molecule has 4 nitrogen and oxygen atoms in total. The van der Waals surface area contributed by atoms with Crippen LogP contribution in [0.25, 0.3) is 17.0 Å². The fraction of sp³-hybridized carbons (Fsp3) is 0.250. The Bertz CT molecular complexity index is 1340. The Kier molecular flexibility index (Phi) is 8.17. The lowest BCUT2D eigenvalue weighted by atomic mass is 9.80.